The van der Waals surface area contributed by atoms with Gasteiger partial charge in [-0.3, -0.25) is 14.4 Å². The van der Waals surface area contributed by atoms with Crippen LogP contribution in [-0.4, -0.2) is 36.8 Å². The van der Waals surface area contributed by atoms with Crippen molar-refractivity contribution >= 4 is 45.2 Å². The molecule has 1 aliphatic rings. The van der Waals surface area contributed by atoms with E-state index in [0.717, 1.165) is 21.3 Å². The molecule has 4 rings (SSSR count). The number of aryl methyl sites for hydroxylation is 2. The number of benzene rings is 3. The highest BCUT2D eigenvalue weighted by Gasteiger charge is 2.36. The molecule has 36 heavy (non-hydrogen) atoms. The van der Waals surface area contributed by atoms with E-state index in [1.54, 1.807) is 29.2 Å². The van der Waals surface area contributed by atoms with Crippen molar-refractivity contribution < 1.29 is 28.7 Å². The summed E-state index contributed by atoms with van der Waals surface area (Å²) in [4.78, 5) is 51.3. The molecule has 0 aliphatic carbocycles. The second kappa shape index (κ2) is 10.9. The summed E-state index contributed by atoms with van der Waals surface area (Å²) in [7, 11) is 0. The largest absolute Gasteiger partial charge is 0.457 e. The van der Waals surface area contributed by atoms with Crippen molar-refractivity contribution in [2.24, 2.45) is 5.92 Å². The normalized spacial score (nSPS) is 15.0. The number of amides is 1. The van der Waals surface area contributed by atoms with Gasteiger partial charge in [0.05, 0.1) is 11.5 Å². The highest BCUT2D eigenvalue weighted by atomic mass is 79.9. The van der Waals surface area contributed by atoms with Crippen molar-refractivity contribution in [3.05, 3.63) is 93.5 Å². The van der Waals surface area contributed by atoms with E-state index < -0.39 is 30.2 Å². The van der Waals surface area contributed by atoms with Crippen molar-refractivity contribution in [2.75, 3.05) is 18.1 Å². The average Bonchev–Trinajstić information content (AvgIpc) is 3.26. The summed E-state index contributed by atoms with van der Waals surface area (Å²) in [5.74, 6) is -2.00. The molecule has 1 amide bonds. The maximum atomic E-state index is 12.5. The van der Waals surface area contributed by atoms with Crippen molar-refractivity contribution in [1.82, 2.24) is 0 Å². The number of Topliss-reactive ketones (excluding diaryl/α,β-unsaturated/α-hetero) is 1. The molecular weight excluding hydrogens is 526 g/mol. The van der Waals surface area contributed by atoms with Gasteiger partial charge in [0.15, 0.2) is 12.4 Å². The van der Waals surface area contributed by atoms with Gasteiger partial charge in [0.2, 0.25) is 5.91 Å². The van der Waals surface area contributed by atoms with Crippen LogP contribution in [0.25, 0.3) is 0 Å². The Hall–Kier alpha value is -3.78. The van der Waals surface area contributed by atoms with Crippen LogP contribution in [0.2, 0.25) is 0 Å². The van der Waals surface area contributed by atoms with Gasteiger partial charge in [-0.25, -0.2) is 4.79 Å². The molecule has 7 nitrogen and oxygen atoms in total. The molecule has 1 atom stereocenters. The van der Waals surface area contributed by atoms with E-state index in [0.29, 0.717) is 11.1 Å². The Morgan fingerprint density at radius 1 is 0.917 bits per heavy atom. The summed E-state index contributed by atoms with van der Waals surface area (Å²) in [6, 6.07) is 18.5. The zero-order chi connectivity index (χ0) is 25.8. The standard InChI is InChI=1S/C28H24BrNO6/c1-17-3-10-23(13-18(17)2)30-15-21(14-26(30)32)27(33)35-16-25(31)19-6-11-24(12-7-19)36-28(34)20-4-8-22(29)9-5-20/h3-13,21H,14-16H2,1-2H3/t21-/m0/s1. The third-order valence-electron chi connectivity index (χ3n) is 6.07. The van der Waals surface area contributed by atoms with Gasteiger partial charge in [-0.1, -0.05) is 22.0 Å². The summed E-state index contributed by atoms with van der Waals surface area (Å²) in [6.45, 7) is 3.74. The third kappa shape index (κ3) is 5.88. The molecule has 0 unspecified atom stereocenters. The smallest absolute Gasteiger partial charge is 0.343 e. The minimum absolute atomic E-state index is 0.0401. The van der Waals surface area contributed by atoms with Crippen LogP contribution in [0, 0.1) is 19.8 Å². The van der Waals surface area contributed by atoms with Crippen LogP contribution in [0.1, 0.15) is 38.3 Å². The molecule has 1 saturated heterocycles. The van der Waals surface area contributed by atoms with Crippen LogP contribution in [0.4, 0.5) is 5.69 Å². The first-order valence-electron chi connectivity index (χ1n) is 11.4. The first kappa shape index (κ1) is 25.3. The second-order valence-corrected chi connectivity index (χ2v) is 9.54. The van der Waals surface area contributed by atoms with Gasteiger partial charge in [-0.2, -0.15) is 0 Å². The van der Waals surface area contributed by atoms with E-state index in [1.807, 2.05) is 32.0 Å². The fraction of sp³-hybridized carbons (Fsp3) is 0.214. The van der Waals surface area contributed by atoms with Crippen LogP contribution in [0.3, 0.4) is 0 Å². The fourth-order valence-corrected chi connectivity index (χ4v) is 4.07. The summed E-state index contributed by atoms with van der Waals surface area (Å²) >= 11 is 3.31. The van der Waals surface area contributed by atoms with Crippen molar-refractivity contribution in [3.8, 4) is 5.75 Å². The number of ketones is 1. The quantitative estimate of drug-likeness (QED) is 0.232. The Kier molecular flexibility index (Phi) is 7.64. The lowest BCUT2D eigenvalue weighted by Crippen LogP contribution is -2.27. The summed E-state index contributed by atoms with van der Waals surface area (Å²) in [5, 5.41) is 0. The number of anilines is 1. The maximum Gasteiger partial charge on any atom is 0.343 e. The molecule has 0 bridgehead atoms. The van der Waals surface area contributed by atoms with Gasteiger partial charge < -0.3 is 14.4 Å². The van der Waals surface area contributed by atoms with Gasteiger partial charge in [-0.05, 0) is 85.6 Å². The molecule has 8 heteroatoms. The Morgan fingerprint density at radius 2 is 1.58 bits per heavy atom. The van der Waals surface area contributed by atoms with Gasteiger partial charge in [0.25, 0.3) is 0 Å². The Balaban J connectivity index is 1.29. The number of nitrogens with zero attached hydrogens (tertiary/aromatic N) is 1. The van der Waals surface area contributed by atoms with Crippen LogP contribution in [0.5, 0.6) is 5.75 Å². The average molecular weight is 550 g/mol. The predicted molar refractivity (Wildman–Crippen MR) is 137 cm³/mol. The topological polar surface area (TPSA) is 90.0 Å². The number of carbonyl (C=O) groups excluding carboxylic acids is 4. The Labute approximate surface area is 217 Å². The van der Waals surface area contributed by atoms with E-state index in [9.17, 15) is 19.2 Å². The van der Waals surface area contributed by atoms with Crippen LogP contribution in [-0.2, 0) is 14.3 Å². The number of hydrogen-bond donors (Lipinski definition) is 0. The zero-order valence-electron chi connectivity index (χ0n) is 19.8. The highest BCUT2D eigenvalue weighted by Crippen LogP contribution is 2.27. The maximum absolute atomic E-state index is 12.5. The lowest BCUT2D eigenvalue weighted by Gasteiger charge is -2.17. The third-order valence-corrected chi connectivity index (χ3v) is 6.60. The molecular formula is C28H24BrNO6. The van der Waals surface area contributed by atoms with Crippen LogP contribution in [0.15, 0.2) is 71.2 Å². The Bertz CT molecular complexity index is 1320. The molecule has 0 N–H and O–H groups in total. The fourth-order valence-electron chi connectivity index (χ4n) is 3.81. The van der Waals surface area contributed by atoms with Crippen molar-refractivity contribution in [1.29, 1.82) is 0 Å². The first-order valence-corrected chi connectivity index (χ1v) is 12.2. The minimum Gasteiger partial charge on any atom is -0.457 e. The van der Waals surface area contributed by atoms with Crippen molar-refractivity contribution in [2.45, 2.75) is 20.3 Å². The monoisotopic (exact) mass is 549 g/mol. The first-order chi connectivity index (χ1) is 17.2. The van der Waals surface area contributed by atoms with Crippen LogP contribution >= 0.6 is 15.9 Å². The van der Waals surface area contributed by atoms with Crippen LogP contribution < -0.4 is 9.64 Å². The predicted octanol–water partition coefficient (Wildman–Crippen LogP) is 5.06. The number of halogens is 1. The minimum atomic E-state index is -0.632. The molecule has 3 aromatic carbocycles. The highest BCUT2D eigenvalue weighted by molar-refractivity contribution is 9.10. The number of hydrogen-bond acceptors (Lipinski definition) is 6. The van der Waals surface area contributed by atoms with E-state index in [-0.39, 0.29) is 24.6 Å². The van der Waals surface area contributed by atoms with E-state index in [4.69, 9.17) is 9.47 Å². The van der Waals surface area contributed by atoms with E-state index >= 15 is 0 Å². The molecule has 184 valence electrons. The van der Waals surface area contributed by atoms with Gasteiger partial charge in [0, 0.05) is 28.7 Å². The summed E-state index contributed by atoms with van der Waals surface area (Å²) in [6.07, 6.45) is 0.0401. The SMILES string of the molecule is Cc1ccc(N2C[C@@H](C(=O)OCC(=O)c3ccc(OC(=O)c4ccc(Br)cc4)cc3)CC2=O)cc1C. The van der Waals surface area contributed by atoms with E-state index in [2.05, 4.69) is 15.9 Å². The van der Waals surface area contributed by atoms with Crippen molar-refractivity contribution in [3.63, 3.8) is 0 Å². The lowest BCUT2D eigenvalue weighted by atomic mass is 10.1. The molecule has 0 saturated carbocycles. The molecule has 1 heterocycles. The zero-order valence-corrected chi connectivity index (χ0v) is 21.4. The summed E-state index contributed by atoms with van der Waals surface area (Å²) < 4.78 is 11.4. The molecule has 1 aliphatic heterocycles. The number of ether oxygens (including phenoxy) is 2. The van der Waals surface area contributed by atoms with Gasteiger partial charge in [-0.15, -0.1) is 0 Å². The molecule has 0 spiro atoms. The van der Waals surface area contributed by atoms with E-state index in [1.165, 1.54) is 24.3 Å². The summed E-state index contributed by atoms with van der Waals surface area (Å²) in [5.41, 5.74) is 3.63. The lowest BCUT2D eigenvalue weighted by molar-refractivity contribution is -0.147. The number of esters is 2. The molecule has 1 fully saturated rings. The second-order valence-electron chi connectivity index (χ2n) is 8.63. The number of carbonyl (C=O) groups is 4. The molecule has 0 radical (unpaired) electrons. The Morgan fingerprint density at radius 3 is 2.25 bits per heavy atom. The molecule has 0 aromatic heterocycles. The van der Waals surface area contributed by atoms with Gasteiger partial charge >= 0.3 is 11.9 Å². The molecule has 3 aromatic rings. The van der Waals surface area contributed by atoms with Gasteiger partial charge in [0.1, 0.15) is 5.75 Å². The number of rotatable bonds is 7.